The zero-order valence-corrected chi connectivity index (χ0v) is 13.8. The van der Waals surface area contributed by atoms with Crippen molar-refractivity contribution in [1.29, 1.82) is 0 Å². The Morgan fingerprint density at radius 2 is 2.05 bits per heavy atom. The van der Waals surface area contributed by atoms with Gasteiger partial charge in [-0.1, -0.05) is 30.3 Å². The maximum absolute atomic E-state index is 12.3. The van der Waals surface area contributed by atoms with Gasteiger partial charge >= 0.3 is 0 Å². The molecule has 0 spiro atoms. The van der Waals surface area contributed by atoms with E-state index < -0.39 is 0 Å². The largest absolute Gasteiger partial charge is 0.351 e. The minimum Gasteiger partial charge on any atom is -0.351 e. The van der Waals surface area contributed by atoms with Gasteiger partial charge in [0, 0.05) is 12.1 Å². The van der Waals surface area contributed by atoms with Crippen LogP contribution in [0, 0.1) is 5.92 Å². The number of hydrogen-bond donors (Lipinski definition) is 2. The van der Waals surface area contributed by atoms with Gasteiger partial charge in [-0.25, -0.2) is 0 Å². The third-order valence-electron chi connectivity index (χ3n) is 4.01. The first kappa shape index (κ1) is 18.0. The molecule has 1 aliphatic heterocycles. The number of carbonyl (C=O) groups is 1. The first-order valence-corrected chi connectivity index (χ1v) is 7.63. The van der Waals surface area contributed by atoms with Crippen molar-refractivity contribution in [3.63, 3.8) is 0 Å². The second kappa shape index (κ2) is 8.40. The minimum atomic E-state index is -0.148. The second-order valence-electron chi connectivity index (χ2n) is 6.40. The van der Waals surface area contributed by atoms with Crippen LogP contribution in [0.5, 0.6) is 0 Å². The van der Waals surface area contributed by atoms with Gasteiger partial charge in [0.1, 0.15) is 0 Å². The SMILES string of the molecule is CC(C)(CCc1ccccc1)NC(=O)C1CCCNC1.Cl. The van der Waals surface area contributed by atoms with Crippen LogP contribution in [0.1, 0.15) is 38.7 Å². The highest BCUT2D eigenvalue weighted by Crippen LogP contribution is 2.16. The van der Waals surface area contributed by atoms with E-state index in [1.54, 1.807) is 0 Å². The molecule has 0 bridgehead atoms. The number of benzene rings is 1. The van der Waals surface area contributed by atoms with Crippen molar-refractivity contribution >= 4 is 18.3 Å². The topological polar surface area (TPSA) is 41.1 Å². The van der Waals surface area contributed by atoms with E-state index in [9.17, 15) is 4.79 Å². The lowest BCUT2D eigenvalue weighted by Gasteiger charge is -2.30. The van der Waals surface area contributed by atoms with Crippen LogP contribution in [-0.2, 0) is 11.2 Å². The molecule has 0 radical (unpaired) electrons. The zero-order chi connectivity index (χ0) is 14.4. The van der Waals surface area contributed by atoms with E-state index in [2.05, 4.69) is 48.7 Å². The van der Waals surface area contributed by atoms with E-state index in [-0.39, 0.29) is 29.8 Å². The van der Waals surface area contributed by atoms with Crippen LogP contribution in [0.3, 0.4) is 0 Å². The number of nitrogens with one attached hydrogen (secondary N) is 2. The predicted molar refractivity (Wildman–Crippen MR) is 89.8 cm³/mol. The lowest BCUT2D eigenvalue weighted by atomic mass is 9.92. The summed E-state index contributed by atoms with van der Waals surface area (Å²) in [5.74, 6) is 0.343. The molecule has 1 aromatic carbocycles. The van der Waals surface area contributed by atoms with Gasteiger partial charge in [0.05, 0.1) is 5.92 Å². The lowest BCUT2D eigenvalue weighted by Crippen LogP contribution is -2.49. The second-order valence-corrected chi connectivity index (χ2v) is 6.40. The summed E-state index contributed by atoms with van der Waals surface area (Å²) in [6.45, 7) is 6.09. The van der Waals surface area contributed by atoms with Crippen molar-refractivity contribution in [2.45, 2.75) is 45.1 Å². The highest BCUT2D eigenvalue weighted by Gasteiger charge is 2.26. The Hall–Kier alpha value is -1.06. The fraction of sp³-hybridized carbons (Fsp3) is 0.588. The normalized spacial score (nSPS) is 18.7. The lowest BCUT2D eigenvalue weighted by molar-refractivity contribution is -0.127. The van der Waals surface area contributed by atoms with Crippen LogP contribution in [0.4, 0.5) is 0 Å². The Morgan fingerprint density at radius 1 is 1.33 bits per heavy atom. The van der Waals surface area contributed by atoms with Gasteiger partial charge in [-0.3, -0.25) is 4.79 Å². The molecule has 2 rings (SSSR count). The van der Waals surface area contributed by atoms with Gasteiger partial charge in [-0.05, 0) is 51.6 Å². The number of halogens is 1. The summed E-state index contributed by atoms with van der Waals surface area (Å²) in [5.41, 5.74) is 1.18. The van der Waals surface area contributed by atoms with E-state index in [0.29, 0.717) is 0 Å². The van der Waals surface area contributed by atoms with Gasteiger partial charge in [-0.15, -0.1) is 12.4 Å². The van der Waals surface area contributed by atoms with Gasteiger partial charge in [0.15, 0.2) is 0 Å². The summed E-state index contributed by atoms with van der Waals surface area (Å²) >= 11 is 0. The van der Waals surface area contributed by atoms with Crippen LogP contribution >= 0.6 is 12.4 Å². The third-order valence-corrected chi connectivity index (χ3v) is 4.01. The van der Waals surface area contributed by atoms with E-state index in [4.69, 9.17) is 0 Å². The van der Waals surface area contributed by atoms with Crippen LogP contribution in [0.2, 0.25) is 0 Å². The van der Waals surface area contributed by atoms with E-state index >= 15 is 0 Å². The highest BCUT2D eigenvalue weighted by atomic mass is 35.5. The van der Waals surface area contributed by atoms with Gasteiger partial charge in [0.25, 0.3) is 0 Å². The molecule has 1 heterocycles. The summed E-state index contributed by atoms with van der Waals surface area (Å²) in [7, 11) is 0. The summed E-state index contributed by atoms with van der Waals surface area (Å²) in [5, 5.41) is 6.52. The molecule has 0 saturated carbocycles. The number of aryl methyl sites for hydroxylation is 1. The van der Waals surface area contributed by atoms with Crippen molar-refractivity contribution in [2.75, 3.05) is 13.1 Å². The Balaban J connectivity index is 0.00000220. The van der Waals surface area contributed by atoms with Crippen molar-refractivity contribution in [1.82, 2.24) is 10.6 Å². The molecule has 1 aliphatic rings. The van der Waals surface area contributed by atoms with Crippen molar-refractivity contribution in [2.24, 2.45) is 5.92 Å². The molecule has 0 aliphatic carbocycles. The van der Waals surface area contributed by atoms with Crippen LogP contribution < -0.4 is 10.6 Å². The number of rotatable bonds is 5. The Bertz CT molecular complexity index is 428. The quantitative estimate of drug-likeness (QED) is 0.878. The number of piperidine rings is 1. The molecule has 1 unspecified atom stereocenters. The molecule has 118 valence electrons. The van der Waals surface area contributed by atoms with E-state index in [1.165, 1.54) is 5.56 Å². The van der Waals surface area contributed by atoms with Crippen LogP contribution in [0.25, 0.3) is 0 Å². The molecular formula is C17H27ClN2O. The van der Waals surface area contributed by atoms with E-state index in [0.717, 1.165) is 38.8 Å². The zero-order valence-electron chi connectivity index (χ0n) is 13.0. The molecule has 1 saturated heterocycles. The summed E-state index contributed by atoms with van der Waals surface area (Å²) in [6.07, 6.45) is 4.07. The molecule has 4 heteroatoms. The molecular weight excluding hydrogens is 284 g/mol. The molecule has 1 amide bonds. The molecule has 0 aromatic heterocycles. The number of hydrogen-bond acceptors (Lipinski definition) is 2. The van der Waals surface area contributed by atoms with Crippen molar-refractivity contribution in [3.05, 3.63) is 35.9 Å². The Morgan fingerprint density at radius 3 is 2.67 bits per heavy atom. The fourth-order valence-electron chi connectivity index (χ4n) is 2.68. The molecule has 1 aromatic rings. The van der Waals surface area contributed by atoms with Crippen LogP contribution in [-0.4, -0.2) is 24.5 Å². The van der Waals surface area contributed by atoms with Gasteiger partial charge < -0.3 is 10.6 Å². The van der Waals surface area contributed by atoms with E-state index in [1.807, 2.05) is 6.07 Å². The van der Waals surface area contributed by atoms with Crippen LogP contribution in [0.15, 0.2) is 30.3 Å². The molecule has 2 N–H and O–H groups in total. The predicted octanol–water partition coefficient (Wildman–Crippen LogP) is 2.94. The molecule has 21 heavy (non-hydrogen) atoms. The summed E-state index contributed by atoms with van der Waals surface area (Å²) in [4.78, 5) is 12.3. The Kier molecular flexibility index (Phi) is 7.20. The molecule has 1 atom stereocenters. The maximum atomic E-state index is 12.3. The minimum absolute atomic E-state index is 0. The molecule has 3 nitrogen and oxygen atoms in total. The number of amides is 1. The standard InChI is InChI=1S/C17H26N2O.ClH/c1-17(2,11-10-14-7-4-3-5-8-14)19-16(20)15-9-6-12-18-13-15;/h3-5,7-8,15,18H,6,9-13H2,1-2H3,(H,19,20);1H. The highest BCUT2D eigenvalue weighted by molar-refractivity contribution is 5.85. The monoisotopic (exact) mass is 310 g/mol. The van der Waals surface area contributed by atoms with Gasteiger partial charge in [-0.2, -0.15) is 0 Å². The number of carbonyl (C=O) groups excluding carboxylic acids is 1. The smallest absolute Gasteiger partial charge is 0.224 e. The summed E-state index contributed by atoms with van der Waals surface area (Å²) in [6, 6.07) is 10.4. The maximum Gasteiger partial charge on any atom is 0.224 e. The average molecular weight is 311 g/mol. The molecule has 1 fully saturated rings. The van der Waals surface area contributed by atoms with Crippen molar-refractivity contribution in [3.8, 4) is 0 Å². The third kappa shape index (κ3) is 6.06. The summed E-state index contributed by atoms with van der Waals surface area (Å²) < 4.78 is 0. The Labute approximate surface area is 134 Å². The first-order valence-electron chi connectivity index (χ1n) is 7.63. The fourth-order valence-corrected chi connectivity index (χ4v) is 2.68. The average Bonchev–Trinajstić information content (AvgIpc) is 2.47. The first-order chi connectivity index (χ1) is 9.57. The van der Waals surface area contributed by atoms with Crippen molar-refractivity contribution < 1.29 is 4.79 Å². The van der Waals surface area contributed by atoms with Gasteiger partial charge in [0.2, 0.25) is 5.91 Å².